The first kappa shape index (κ1) is 25.3. The largest absolute Gasteiger partial charge is 0.490 e. The molecule has 0 N–H and O–H groups in total. The van der Waals surface area contributed by atoms with Gasteiger partial charge in [-0.15, -0.1) is 11.3 Å². The molecule has 0 aliphatic carbocycles. The molecule has 0 atom stereocenters. The van der Waals surface area contributed by atoms with Crippen molar-refractivity contribution in [1.82, 2.24) is 0 Å². The van der Waals surface area contributed by atoms with Crippen molar-refractivity contribution in [2.75, 3.05) is 6.61 Å². The second-order valence-corrected chi connectivity index (χ2v) is 10.0. The van der Waals surface area contributed by atoms with Crippen LogP contribution in [0.3, 0.4) is 0 Å². The Morgan fingerprint density at radius 2 is 1.86 bits per heavy atom. The number of nitrogens with zero attached hydrogens (tertiary/aromatic N) is 1. The zero-order valence-corrected chi connectivity index (χ0v) is 22.2. The second-order valence-electron chi connectivity index (χ2n) is 7.73. The van der Waals surface area contributed by atoms with Gasteiger partial charge in [0.25, 0.3) is 0 Å². The van der Waals surface area contributed by atoms with Crippen LogP contribution in [0.5, 0.6) is 11.5 Å². The van der Waals surface area contributed by atoms with Gasteiger partial charge < -0.3 is 14.2 Å². The molecule has 1 aliphatic heterocycles. The standard InChI is InChI=1S/C27H16Cl3NO5S/c1-2-34-21-12-14(7-10-20(21)35-26(32)16-9-8-15(28)13-18(16)29)11-19-27(33)36-25(31-19)24-23(30)17-5-3-4-6-22(17)37-24/h3-13H,2H2,1H3/b19-11+. The summed E-state index contributed by atoms with van der Waals surface area (Å²) in [4.78, 5) is 30.2. The highest BCUT2D eigenvalue weighted by atomic mass is 35.5. The third-order valence-electron chi connectivity index (χ3n) is 5.27. The number of cyclic esters (lactones) is 1. The predicted octanol–water partition coefficient (Wildman–Crippen LogP) is 7.82. The number of ether oxygens (including phenoxy) is 3. The van der Waals surface area contributed by atoms with Crippen LogP contribution in [0, 0.1) is 0 Å². The predicted molar refractivity (Wildman–Crippen MR) is 146 cm³/mol. The summed E-state index contributed by atoms with van der Waals surface area (Å²) in [6.45, 7) is 2.12. The fraction of sp³-hybridized carbons (Fsp3) is 0.0741. The van der Waals surface area contributed by atoms with E-state index in [1.54, 1.807) is 37.3 Å². The van der Waals surface area contributed by atoms with Gasteiger partial charge in [0.2, 0.25) is 5.90 Å². The number of esters is 2. The van der Waals surface area contributed by atoms with Crippen molar-refractivity contribution >= 4 is 80.1 Å². The summed E-state index contributed by atoms with van der Waals surface area (Å²) in [5.74, 6) is -0.622. The van der Waals surface area contributed by atoms with Gasteiger partial charge in [-0.2, -0.15) is 0 Å². The van der Waals surface area contributed by atoms with Gasteiger partial charge in [0.1, 0.15) is 4.88 Å². The van der Waals surface area contributed by atoms with Crippen molar-refractivity contribution < 1.29 is 23.8 Å². The number of hydrogen-bond donors (Lipinski definition) is 0. The van der Waals surface area contributed by atoms with Crippen molar-refractivity contribution in [1.29, 1.82) is 0 Å². The van der Waals surface area contributed by atoms with Gasteiger partial charge in [0.05, 0.1) is 22.2 Å². The normalized spacial score (nSPS) is 14.1. The molecule has 0 spiro atoms. The molecule has 186 valence electrons. The minimum absolute atomic E-state index is 0.101. The van der Waals surface area contributed by atoms with Gasteiger partial charge in [-0.25, -0.2) is 14.6 Å². The Morgan fingerprint density at radius 1 is 1.05 bits per heavy atom. The van der Waals surface area contributed by atoms with Gasteiger partial charge in [0, 0.05) is 15.1 Å². The van der Waals surface area contributed by atoms with Gasteiger partial charge in [-0.05, 0) is 55.0 Å². The van der Waals surface area contributed by atoms with E-state index in [1.165, 1.54) is 23.5 Å². The van der Waals surface area contributed by atoms with Crippen LogP contribution in [0.4, 0.5) is 0 Å². The molecule has 1 aliphatic rings. The lowest BCUT2D eigenvalue weighted by Crippen LogP contribution is -2.10. The molecule has 6 nitrogen and oxygen atoms in total. The summed E-state index contributed by atoms with van der Waals surface area (Å²) >= 11 is 19.9. The number of benzene rings is 3. The number of carbonyl (C=O) groups excluding carboxylic acids is 2. The highest BCUT2D eigenvalue weighted by molar-refractivity contribution is 7.21. The smallest absolute Gasteiger partial charge is 0.363 e. The first-order valence-electron chi connectivity index (χ1n) is 11.0. The summed E-state index contributed by atoms with van der Waals surface area (Å²) < 4.78 is 17.6. The Balaban J connectivity index is 1.43. The van der Waals surface area contributed by atoms with E-state index in [1.807, 2.05) is 24.3 Å². The van der Waals surface area contributed by atoms with E-state index in [-0.39, 0.29) is 27.9 Å². The average Bonchev–Trinajstić information content (AvgIpc) is 3.40. The van der Waals surface area contributed by atoms with Gasteiger partial charge >= 0.3 is 11.9 Å². The van der Waals surface area contributed by atoms with Crippen LogP contribution in [0.25, 0.3) is 16.2 Å². The number of rotatable bonds is 6. The lowest BCUT2D eigenvalue weighted by molar-refractivity contribution is -0.129. The number of thiophene rings is 1. The summed E-state index contributed by atoms with van der Waals surface area (Å²) in [6, 6.07) is 17.0. The third-order valence-corrected chi connectivity index (χ3v) is 7.49. The number of hydrogen-bond acceptors (Lipinski definition) is 7. The topological polar surface area (TPSA) is 74.2 Å². The first-order valence-corrected chi connectivity index (χ1v) is 12.9. The van der Waals surface area contributed by atoms with Gasteiger partial charge in [-0.3, -0.25) is 0 Å². The van der Waals surface area contributed by atoms with Crippen molar-refractivity contribution in [3.05, 3.63) is 97.4 Å². The maximum atomic E-state index is 12.7. The van der Waals surface area contributed by atoms with E-state index in [2.05, 4.69) is 4.99 Å². The maximum Gasteiger partial charge on any atom is 0.363 e. The second kappa shape index (κ2) is 10.6. The highest BCUT2D eigenvalue weighted by Crippen LogP contribution is 2.38. The SMILES string of the molecule is CCOc1cc(/C=C2/N=C(c3sc4ccccc4c3Cl)OC2=O)ccc1OC(=O)c1ccc(Cl)cc1Cl. The quantitative estimate of drug-likeness (QED) is 0.134. The molecular weight excluding hydrogens is 557 g/mol. The van der Waals surface area contributed by atoms with Crippen molar-refractivity contribution in [2.24, 2.45) is 4.99 Å². The molecule has 0 bridgehead atoms. The fourth-order valence-corrected chi connectivity index (χ4v) is 5.52. The summed E-state index contributed by atoms with van der Waals surface area (Å²) in [5, 5.41) is 1.93. The van der Waals surface area contributed by atoms with Gasteiger partial charge in [-0.1, -0.05) is 59.1 Å². The van der Waals surface area contributed by atoms with Crippen LogP contribution in [-0.2, 0) is 9.53 Å². The summed E-state index contributed by atoms with van der Waals surface area (Å²) in [5.41, 5.74) is 0.853. The van der Waals surface area contributed by atoms with Crippen LogP contribution < -0.4 is 9.47 Å². The van der Waals surface area contributed by atoms with E-state index in [4.69, 9.17) is 49.0 Å². The molecule has 0 saturated heterocycles. The Bertz CT molecular complexity index is 1630. The molecule has 10 heteroatoms. The molecule has 0 fully saturated rings. The lowest BCUT2D eigenvalue weighted by Gasteiger charge is -2.12. The van der Waals surface area contributed by atoms with Crippen LogP contribution >= 0.6 is 46.1 Å². The van der Waals surface area contributed by atoms with Crippen molar-refractivity contribution in [3.63, 3.8) is 0 Å². The van der Waals surface area contributed by atoms with Crippen LogP contribution in [0.15, 0.2) is 71.4 Å². The highest BCUT2D eigenvalue weighted by Gasteiger charge is 2.28. The van der Waals surface area contributed by atoms with E-state index in [0.717, 1.165) is 10.1 Å². The first-order chi connectivity index (χ1) is 17.8. The van der Waals surface area contributed by atoms with Crippen LogP contribution in [0.2, 0.25) is 15.1 Å². The molecule has 5 rings (SSSR count). The molecular formula is C27H16Cl3NO5S. The molecule has 0 unspecified atom stereocenters. The van der Waals surface area contributed by atoms with E-state index in [0.29, 0.717) is 32.8 Å². The minimum atomic E-state index is -0.664. The minimum Gasteiger partial charge on any atom is -0.490 e. The van der Waals surface area contributed by atoms with E-state index < -0.39 is 11.9 Å². The summed E-state index contributed by atoms with van der Waals surface area (Å²) in [7, 11) is 0. The molecule has 0 saturated carbocycles. The number of fused-ring (bicyclic) bond motifs is 1. The van der Waals surface area contributed by atoms with Gasteiger partial charge in [0.15, 0.2) is 17.2 Å². The number of aliphatic imine (C=N–C) groups is 1. The molecule has 3 aromatic carbocycles. The molecule has 0 radical (unpaired) electrons. The number of halogens is 3. The lowest BCUT2D eigenvalue weighted by atomic mass is 10.1. The van der Waals surface area contributed by atoms with E-state index >= 15 is 0 Å². The molecule has 0 amide bonds. The monoisotopic (exact) mass is 571 g/mol. The third kappa shape index (κ3) is 5.22. The van der Waals surface area contributed by atoms with E-state index in [9.17, 15) is 9.59 Å². The molecule has 2 heterocycles. The van der Waals surface area contributed by atoms with Crippen molar-refractivity contribution in [3.8, 4) is 11.5 Å². The maximum absolute atomic E-state index is 12.7. The zero-order valence-electron chi connectivity index (χ0n) is 19.1. The molecule has 4 aromatic rings. The van der Waals surface area contributed by atoms with Crippen LogP contribution in [0.1, 0.15) is 27.7 Å². The molecule has 1 aromatic heterocycles. The number of carbonyl (C=O) groups is 2. The Labute approximate surface area is 230 Å². The average molecular weight is 573 g/mol. The van der Waals surface area contributed by atoms with Crippen molar-refractivity contribution in [2.45, 2.75) is 6.92 Å². The zero-order chi connectivity index (χ0) is 26.1. The summed E-state index contributed by atoms with van der Waals surface area (Å²) in [6.07, 6.45) is 1.56. The van der Waals surface area contributed by atoms with Crippen LogP contribution in [-0.4, -0.2) is 24.4 Å². The Morgan fingerprint density at radius 3 is 2.62 bits per heavy atom. The molecule has 37 heavy (non-hydrogen) atoms. The Kier molecular flexibility index (Phi) is 7.22. The Hall–Kier alpha value is -3.36. The fourth-order valence-electron chi connectivity index (χ4n) is 3.59.